The lowest BCUT2D eigenvalue weighted by Gasteiger charge is -2.16. The molecule has 7 heteroatoms. The SMILES string of the molecule is CCOC(=O)n1c(-c2ccc(O)cc2)cc(=O)c2c(F)cc(F)cc21. The molecule has 0 saturated heterocycles. The van der Waals surface area contributed by atoms with Gasteiger partial charge >= 0.3 is 6.09 Å². The Morgan fingerprint density at radius 1 is 1.16 bits per heavy atom. The summed E-state index contributed by atoms with van der Waals surface area (Å²) in [6.45, 7) is 1.63. The summed E-state index contributed by atoms with van der Waals surface area (Å²) in [6, 6.07) is 8.24. The van der Waals surface area contributed by atoms with Crippen LogP contribution < -0.4 is 5.43 Å². The molecule has 0 radical (unpaired) electrons. The zero-order chi connectivity index (χ0) is 18.1. The number of phenols is 1. The second-order valence-corrected chi connectivity index (χ2v) is 5.26. The van der Waals surface area contributed by atoms with Gasteiger partial charge in [0.2, 0.25) is 0 Å². The molecule has 25 heavy (non-hydrogen) atoms. The lowest BCUT2D eigenvalue weighted by Crippen LogP contribution is -2.21. The molecule has 0 amide bonds. The number of ether oxygens (including phenoxy) is 1. The molecule has 1 heterocycles. The van der Waals surface area contributed by atoms with Crippen LogP contribution in [0.1, 0.15) is 6.92 Å². The van der Waals surface area contributed by atoms with Gasteiger partial charge in [-0.25, -0.2) is 18.1 Å². The molecule has 1 aromatic heterocycles. The predicted octanol–water partition coefficient (Wildman–Crippen LogP) is 3.66. The van der Waals surface area contributed by atoms with Crippen molar-refractivity contribution in [2.75, 3.05) is 6.61 Å². The Kier molecular flexibility index (Phi) is 4.22. The minimum atomic E-state index is -1.06. The number of halogens is 2. The fraction of sp³-hybridized carbons (Fsp3) is 0.111. The van der Waals surface area contributed by atoms with Crippen molar-refractivity contribution < 1.29 is 23.4 Å². The Hall–Kier alpha value is -3.22. The highest BCUT2D eigenvalue weighted by atomic mass is 19.1. The molecule has 3 aromatic rings. The number of hydrogen-bond donors (Lipinski definition) is 1. The molecule has 0 fully saturated rings. The normalized spacial score (nSPS) is 10.8. The summed E-state index contributed by atoms with van der Waals surface area (Å²) in [7, 11) is 0. The Balaban J connectivity index is 2.44. The summed E-state index contributed by atoms with van der Waals surface area (Å²) in [5.74, 6) is -1.99. The van der Waals surface area contributed by atoms with Crippen molar-refractivity contribution in [3.8, 4) is 17.0 Å². The molecule has 0 aliphatic rings. The maximum atomic E-state index is 14.1. The van der Waals surface area contributed by atoms with Crippen molar-refractivity contribution in [1.29, 1.82) is 0 Å². The van der Waals surface area contributed by atoms with E-state index in [2.05, 4.69) is 0 Å². The van der Waals surface area contributed by atoms with Crippen molar-refractivity contribution in [3.05, 3.63) is 64.3 Å². The van der Waals surface area contributed by atoms with Gasteiger partial charge in [-0.05, 0) is 42.8 Å². The van der Waals surface area contributed by atoms with E-state index in [1.807, 2.05) is 0 Å². The predicted molar refractivity (Wildman–Crippen MR) is 87.6 cm³/mol. The van der Waals surface area contributed by atoms with Crippen molar-refractivity contribution in [3.63, 3.8) is 0 Å². The van der Waals surface area contributed by atoms with Gasteiger partial charge in [-0.15, -0.1) is 0 Å². The molecule has 1 N–H and O–H groups in total. The number of benzene rings is 2. The van der Waals surface area contributed by atoms with Crippen LogP contribution in [-0.4, -0.2) is 22.4 Å². The van der Waals surface area contributed by atoms with Crippen molar-refractivity contribution >= 4 is 17.0 Å². The topological polar surface area (TPSA) is 68.5 Å². The standard InChI is InChI=1S/C18H13F2NO4/c1-2-25-18(24)21-14(10-3-5-12(22)6-4-10)9-16(23)17-13(20)7-11(19)8-15(17)21/h3-9,22H,2H2,1H3. The van der Waals surface area contributed by atoms with Crippen LogP contribution in [0.4, 0.5) is 13.6 Å². The maximum absolute atomic E-state index is 14.1. The fourth-order valence-electron chi connectivity index (χ4n) is 2.60. The molecule has 2 aromatic carbocycles. The van der Waals surface area contributed by atoms with E-state index in [1.54, 1.807) is 6.92 Å². The third-order valence-corrected chi connectivity index (χ3v) is 3.64. The highest BCUT2D eigenvalue weighted by Crippen LogP contribution is 2.26. The van der Waals surface area contributed by atoms with Gasteiger partial charge in [0.05, 0.1) is 23.2 Å². The average Bonchev–Trinajstić information content (AvgIpc) is 2.54. The van der Waals surface area contributed by atoms with Crippen LogP contribution in [0.15, 0.2) is 47.3 Å². The van der Waals surface area contributed by atoms with Gasteiger partial charge < -0.3 is 9.84 Å². The molecule has 0 bridgehead atoms. The Morgan fingerprint density at radius 2 is 1.84 bits per heavy atom. The van der Waals surface area contributed by atoms with Crippen molar-refractivity contribution in [2.45, 2.75) is 6.92 Å². The molecule has 5 nitrogen and oxygen atoms in total. The minimum Gasteiger partial charge on any atom is -0.508 e. The van der Waals surface area contributed by atoms with Crippen LogP contribution in [0.2, 0.25) is 0 Å². The number of hydrogen-bond acceptors (Lipinski definition) is 4. The van der Waals surface area contributed by atoms with E-state index in [-0.39, 0.29) is 23.6 Å². The van der Waals surface area contributed by atoms with E-state index >= 15 is 0 Å². The van der Waals surface area contributed by atoms with Gasteiger partial charge in [-0.2, -0.15) is 0 Å². The molecule has 0 aliphatic carbocycles. The summed E-state index contributed by atoms with van der Waals surface area (Å²) < 4.78 is 33.7. The lowest BCUT2D eigenvalue weighted by atomic mass is 10.1. The number of pyridine rings is 1. The molecule has 0 atom stereocenters. The van der Waals surface area contributed by atoms with Crippen molar-refractivity contribution in [1.82, 2.24) is 4.57 Å². The van der Waals surface area contributed by atoms with Crippen LogP contribution in [-0.2, 0) is 4.74 Å². The Morgan fingerprint density at radius 3 is 2.48 bits per heavy atom. The zero-order valence-electron chi connectivity index (χ0n) is 13.1. The lowest BCUT2D eigenvalue weighted by molar-refractivity contribution is 0.155. The molecule has 128 valence electrons. The van der Waals surface area contributed by atoms with Crippen LogP contribution in [0.3, 0.4) is 0 Å². The van der Waals surface area contributed by atoms with Gasteiger partial charge in [0, 0.05) is 12.1 Å². The largest absolute Gasteiger partial charge is 0.508 e. The van der Waals surface area contributed by atoms with Gasteiger partial charge in [-0.1, -0.05) is 0 Å². The Labute approximate surface area is 140 Å². The first-order valence-electron chi connectivity index (χ1n) is 7.43. The van der Waals surface area contributed by atoms with Gasteiger partial charge in [0.25, 0.3) is 0 Å². The second kappa shape index (κ2) is 6.35. The number of aromatic hydroxyl groups is 1. The van der Waals surface area contributed by atoms with Crippen LogP contribution in [0.5, 0.6) is 5.75 Å². The number of rotatable bonds is 2. The molecule has 0 aliphatic heterocycles. The molecular weight excluding hydrogens is 332 g/mol. The number of nitrogens with zero attached hydrogens (tertiary/aromatic N) is 1. The van der Waals surface area contributed by atoms with Crippen LogP contribution in [0, 0.1) is 11.6 Å². The van der Waals surface area contributed by atoms with Gasteiger partial charge in [-0.3, -0.25) is 4.79 Å². The fourth-order valence-corrected chi connectivity index (χ4v) is 2.60. The molecular formula is C18H13F2NO4. The van der Waals surface area contributed by atoms with E-state index in [1.165, 1.54) is 24.3 Å². The average molecular weight is 345 g/mol. The minimum absolute atomic E-state index is 0.00772. The highest BCUT2D eigenvalue weighted by molar-refractivity contribution is 5.93. The van der Waals surface area contributed by atoms with Gasteiger partial charge in [0.1, 0.15) is 17.4 Å². The van der Waals surface area contributed by atoms with E-state index in [0.29, 0.717) is 11.6 Å². The molecule has 3 rings (SSSR count). The smallest absolute Gasteiger partial charge is 0.418 e. The quantitative estimate of drug-likeness (QED) is 0.770. The first-order chi connectivity index (χ1) is 11.9. The molecule has 0 saturated carbocycles. The zero-order valence-corrected chi connectivity index (χ0v) is 13.1. The van der Waals surface area contributed by atoms with E-state index < -0.39 is 28.5 Å². The molecule has 0 unspecified atom stereocenters. The second-order valence-electron chi connectivity index (χ2n) is 5.26. The first kappa shape index (κ1) is 16.6. The monoisotopic (exact) mass is 345 g/mol. The third-order valence-electron chi connectivity index (χ3n) is 3.64. The summed E-state index contributed by atoms with van der Waals surface area (Å²) in [6.07, 6.45) is -0.874. The summed E-state index contributed by atoms with van der Waals surface area (Å²) >= 11 is 0. The highest BCUT2D eigenvalue weighted by Gasteiger charge is 2.20. The first-order valence-corrected chi connectivity index (χ1v) is 7.43. The maximum Gasteiger partial charge on any atom is 0.418 e. The van der Waals surface area contributed by atoms with Gasteiger partial charge in [0.15, 0.2) is 5.43 Å². The van der Waals surface area contributed by atoms with E-state index in [4.69, 9.17) is 4.74 Å². The number of phenolic OH excluding ortho intramolecular Hbond substituents is 1. The summed E-state index contributed by atoms with van der Waals surface area (Å²) in [4.78, 5) is 24.7. The molecule has 0 spiro atoms. The van der Waals surface area contributed by atoms with Crippen LogP contribution >= 0.6 is 0 Å². The Bertz CT molecular complexity index is 1030. The number of carbonyl (C=O) groups excluding carboxylic acids is 1. The van der Waals surface area contributed by atoms with E-state index in [9.17, 15) is 23.5 Å². The number of carbonyl (C=O) groups is 1. The number of aromatic nitrogens is 1. The summed E-state index contributed by atoms with van der Waals surface area (Å²) in [5.41, 5.74) is -0.432. The van der Waals surface area contributed by atoms with Crippen LogP contribution in [0.25, 0.3) is 22.2 Å². The van der Waals surface area contributed by atoms with E-state index in [0.717, 1.165) is 16.7 Å². The summed E-state index contributed by atoms with van der Waals surface area (Å²) in [5, 5.41) is 9.00. The third kappa shape index (κ3) is 2.96. The number of fused-ring (bicyclic) bond motifs is 1. The van der Waals surface area contributed by atoms with Crippen molar-refractivity contribution in [2.24, 2.45) is 0 Å².